The number of imide groups is 1. The minimum atomic E-state index is -0.281. The Morgan fingerprint density at radius 3 is 2.38 bits per heavy atom. The molecule has 1 rings (SSSR count). The molecule has 0 radical (unpaired) electrons. The summed E-state index contributed by atoms with van der Waals surface area (Å²) in [6, 6.07) is 0. The van der Waals surface area contributed by atoms with Crippen LogP contribution in [0.4, 0.5) is 0 Å². The molecule has 0 bridgehead atoms. The summed E-state index contributed by atoms with van der Waals surface area (Å²) < 4.78 is 10.3. The molecule has 5 nitrogen and oxygen atoms in total. The Morgan fingerprint density at radius 1 is 1.12 bits per heavy atom. The van der Waals surface area contributed by atoms with Gasteiger partial charge in [-0.15, -0.1) is 6.58 Å². The summed E-state index contributed by atoms with van der Waals surface area (Å²) in [5.74, 6) is -0.562. The van der Waals surface area contributed by atoms with E-state index in [0.717, 1.165) is 4.90 Å². The van der Waals surface area contributed by atoms with Gasteiger partial charge in [-0.1, -0.05) is 6.08 Å². The average molecular weight is 225 g/mol. The maximum absolute atomic E-state index is 11.1. The Morgan fingerprint density at radius 2 is 1.75 bits per heavy atom. The highest BCUT2D eigenvalue weighted by Crippen LogP contribution is 2.02. The van der Waals surface area contributed by atoms with Crippen molar-refractivity contribution in [1.29, 1.82) is 0 Å². The van der Waals surface area contributed by atoms with Crippen molar-refractivity contribution in [3.05, 3.63) is 24.8 Å². The van der Waals surface area contributed by atoms with Crippen LogP contribution < -0.4 is 0 Å². The third kappa shape index (κ3) is 3.96. The van der Waals surface area contributed by atoms with Crippen LogP contribution in [0.3, 0.4) is 0 Å². The molecule has 0 fully saturated rings. The van der Waals surface area contributed by atoms with E-state index in [0.29, 0.717) is 26.4 Å². The molecule has 5 heteroatoms. The molecule has 1 heterocycles. The van der Waals surface area contributed by atoms with Crippen LogP contribution in [0.2, 0.25) is 0 Å². The zero-order valence-electron chi connectivity index (χ0n) is 9.05. The van der Waals surface area contributed by atoms with Gasteiger partial charge in [0, 0.05) is 12.2 Å². The highest BCUT2D eigenvalue weighted by atomic mass is 16.5. The second-order valence-corrected chi connectivity index (χ2v) is 3.14. The summed E-state index contributed by atoms with van der Waals surface area (Å²) in [4.78, 5) is 23.4. The molecule has 0 aliphatic carbocycles. The van der Waals surface area contributed by atoms with Crippen LogP contribution in [-0.4, -0.2) is 49.7 Å². The molecule has 0 aromatic carbocycles. The smallest absolute Gasteiger partial charge is 0.253 e. The second-order valence-electron chi connectivity index (χ2n) is 3.14. The van der Waals surface area contributed by atoms with E-state index in [1.807, 2.05) is 0 Å². The monoisotopic (exact) mass is 225 g/mol. The lowest BCUT2D eigenvalue weighted by atomic mass is 10.5. The zero-order chi connectivity index (χ0) is 11.8. The van der Waals surface area contributed by atoms with Gasteiger partial charge in [-0.25, -0.2) is 0 Å². The summed E-state index contributed by atoms with van der Waals surface area (Å²) in [5.41, 5.74) is 0. The molecule has 0 saturated heterocycles. The molecule has 16 heavy (non-hydrogen) atoms. The van der Waals surface area contributed by atoms with Crippen LogP contribution in [-0.2, 0) is 19.1 Å². The zero-order valence-corrected chi connectivity index (χ0v) is 9.05. The van der Waals surface area contributed by atoms with Gasteiger partial charge in [-0.3, -0.25) is 14.5 Å². The highest BCUT2D eigenvalue weighted by Gasteiger charge is 2.22. The first-order chi connectivity index (χ1) is 7.75. The Bertz CT molecular complexity index is 280. The minimum Gasteiger partial charge on any atom is -0.377 e. The number of ether oxygens (including phenoxy) is 2. The van der Waals surface area contributed by atoms with Crippen LogP contribution >= 0.6 is 0 Å². The summed E-state index contributed by atoms with van der Waals surface area (Å²) in [7, 11) is 0. The minimum absolute atomic E-state index is 0.281. The number of carbonyl (C=O) groups is 2. The predicted molar refractivity (Wildman–Crippen MR) is 57.7 cm³/mol. The molecule has 88 valence electrons. The van der Waals surface area contributed by atoms with Crippen molar-refractivity contribution in [2.24, 2.45) is 0 Å². The Balaban J connectivity index is 2.01. The van der Waals surface area contributed by atoms with E-state index in [9.17, 15) is 9.59 Å². The summed E-state index contributed by atoms with van der Waals surface area (Å²) >= 11 is 0. The molecule has 0 saturated carbocycles. The highest BCUT2D eigenvalue weighted by molar-refractivity contribution is 6.12. The van der Waals surface area contributed by atoms with Crippen molar-refractivity contribution < 1.29 is 19.1 Å². The number of hydrogen-bond acceptors (Lipinski definition) is 4. The van der Waals surface area contributed by atoms with E-state index in [2.05, 4.69) is 6.58 Å². The van der Waals surface area contributed by atoms with E-state index in [4.69, 9.17) is 9.47 Å². The van der Waals surface area contributed by atoms with E-state index >= 15 is 0 Å². The molecule has 0 aromatic heterocycles. The summed E-state index contributed by atoms with van der Waals surface area (Å²) in [6.45, 7) is 5.54. The molecular weight excluding hydrogens is 210 g/mol. The number of nitrogens with zero attached hydrogens (tertiary/aromatic N) is 1. The van der Waals surface area contributed by atoms with Gasteiger partial charge in [0.1, 0.15) is 0 Å². The van der Waals surface area contributed by atoms with Gasteiger partial charge < -0.3 is 9.47 Å². The molecule has 0 spiro atoms. The van der Waals surface area contributed by atoms with Crippen LogP contribution in [0, 0.1) is 0 Å². The molecule has 1 aliphatic rings. The fourth-order valence-electron chi connectivity index (χ4n) is 1.19. The lowest BCUT2D eigenvalue weighted by Gasteiger charge is -2.13. The lowest BCUT2D eigenvalue weighted by molar-refractivity contribution is -0.137. The van der Waals surface area contributed by atoms with Crippen molar-refractivity contribution in [3.63, 3.8) is 0 Å². The maximum Gasteiger partial charge on any atom is 0.253 e. The Labute approximate surface area is 94.3 Å². The molecule has 0 atom stereocenters. The summed E-state index contributed by atoms with van der Waals surface area (Å²) in [5, 5.41) is 0. The maximum atomic E-state index is 11.1. The van der Waals surface area contributed by atoms with Gasteiger partial charge in [0.2, 0.25) is 0 Å². The molecule has 0 unspecified atom stereocenters. The second kappa shape index (κ2) is 6.92. The van der Waals surface area contributed by atoms with Gasteiger partial charge in [-0.05, 0) is 0 Å². The number of hydrogen-bond donors (Lipinski definition) is 0. The van der Waals surface area contributed by atoms with Gasteiger partial charge in [-0.2, -0.15) is 0 Å². The van der Waals surface area contributed by atoms with Gasteiger partial charge in [0.25, 0.3) is 11.8 Å². The fourth-order valence-corrected chi connectivity index (χ4v) is 1.19. The average Bonchev–Trinajstić information content (AvgIpc) is 2.59. The number of rotatable bonds is 8. The van der Waals surface area contributed by atoms with Crippen LogP contribution in [0.1, 0.15) is 0 Å². The molecule has 0 N–H and O–H groups in total. The fraction of sp³-hybridized carbons (Fsp3) is 0.455. The number of amides is 2. The van der Waals surface area contributed by atoms with Crippen LogP contribution in [0.15, 0.2) is 24.8 Å². The van der Waals surface area contributed by atoms with Gasteiger partial charge in [0.15, 0.2) is 0 Å². The first-order valence-corrected chi connectivity index (χ1v) is 5.05. The molecule has 1 aliphatic heterocycles. The van der Waals surface area contributed by atoms with E-state index in [1.165, 1.54) is 12.2 Å². The van der Waals surface area contributed by atoms with E-state index < -0.39 is 0 Å². The van der Waals surface area contributed by atoms with Crippen LogP contribution in [0.25, 0.3) is 0 Å². The van der Waals surface area contributed by atoms with Crippen molar-refractivity contribution in [2.75, 3.05) is 33.0 Å². The normalized spacial score (nSPS) is 14.9. The van der Waals surface area contributed by atoms with Gasteiger partial charge in [0.05, 0.1) is 33.0 Å². The van der Waals surface area contributed by atoms with Crippen molar-refractivity contribution >= 4 is 11.8 Å². The SMILES string of the molecule is C=CCOCCOCCN1C(=O)C=CC1=O. The first kappa shape index (κ1) is 12.6. The Hall–Kier alpha value is -1.46. The standard InChI is InChI=1S/C11H15NO4/c1-2-6-15-8-9-16-7-5-12-10(13)3-4-11(12)14/h2-4H,1,5-9H2. The third-order valence-corrected chi connectivity index (χ3v) is 1.97. The number of carbonyl (C=O) groups excluding carboxylic acids is 2. The van der Waals surface area contributed by atoms with Crippen molar-refractivity contribution in [3.8, 4) is 0 Å². The third-order valence-electron chi connectivity index (χ3n) is 1.97. The van der Waals surface area contributed by atoms with Gasteiger partial charge >= 0.3 is 0 Å². The molecular formula is C11H15NO4. The largest absolute Gasteiger partial charge is 0.377 e. The van der Waals surface area contributed by atoms with E-state index in [1.54, 1.807) is 6.08 Å². The topological polar surface area (TPSA) is 55.8 Å². The van der Waals surface area contributed by atoms with Crippen molar-refractivity contribution in [2.45, 2.75) is 0 Å². The summed E-state index contributed by atoms with van der Waals surface area (Å²) in [6.07, 6.45) is 4.18. The van der Waals surface area contributed by atoms with Crippen molar-refractivity contribution in [1.82, 2.24) is 4.90 Å². The van der Waals surface area contributed by atoms with Crippen LogP contribution in [0.5, 0.6) is 0 Å². The Kier molecular flexibility index (Phi) is 5.45. The molecule has 2 amide bonds. The molecule has 0 aromatic rings. The lowest BCUT2D eigenvalue weighted by Crippen LogP contribution is -2.33. The quantitative estimate of drug-likeness (QED) is 0.335. The predicted octanol–water partition coefficient (Wildman–Crippen LogP) is 0.131. The first-order valence-electron chi connectivity index (χ1n) is 5.05. The van der Waals surface area contributed by atoms with E-state index in [-0.39, 0.29) is 18.4 Å².